The van der Waals surface area contributed by atoms with Gasteiger partial charge >= 0.3 is 0 Å². The standard InChI is InChI=1S/C14H22N2OS/c1-9-6-7-11(18-9)13-15-8-12(17)16(13)10(2)14(3,4)5/h6-7,10,13,15H,8H2,1-5H3. The molecule has 18 heavy (non-hydrogen) atoms. The van der Waals surface area contributed by atoms with E-state index in [-0.39, 0.29) is 23.5 Å². The van der Waals surface area contributed by atoms with E-state index in [1.807, 2.05) is 4.90 Å². The number of carbonyl (C=O) groups excluding carboxylic acids is 1. The maximum absolute atomic E-state index is 12.1. The first kappa shape index (κ1) is 13.6. The number of rotatable bonds is 2. The van der Waals surface area contributed by atoms with E-state index in [0.717, 1.165) is 0 Å². The molecule has 2 heterocycles. The van der Waals surface area contributed by atoms with E-state index in [2.05, 4.69) is 52.1 Å². The van der Waals surface area contributed by atoms with Crippen LogP contribution in [0.5, 0.6) is 0 Å². The molecular formula is C14H22N2OS. The smallest absolute Gasteiger partial charge is 0.238 e. The molecule has 1 saturated heterocycles. The number of thiophene rings is 1. The third-order valence-electron chi connectivity index (χ3n) is 3.71. The largest absolute Gasteiger partial charge is 0.318 e. The summed E-state index contributed by atoms with van der Waals surface area (Å²) in [5.41, 5.74) is 0.0895. The summed E-state index contributed by atoms with van der Waals surface area (Å²) < 4.78 is 0. The van der Waals surface area contributed by atoms with E-state index in [0.29, 0.717) is 6.54 Å². The van der Waals surface area contributed by atoms with Crippen molar-refractivity contribution >= 4 is 17.2 Å². The van der Waals surface area contributed by atoms with Crippen molar-refractivity contribution in [3.05, 3.63) is 21.9 Å². The van der Waals surface area contributed by atoms with Gasteiger partial charge in [0, 0.05) is 15.8 Å². The maximum atomic E-state index is 12.1. The van der Waals surface area contributed by atoms with Crippen LogP contribution in [-0.4, -0.2) is 23.4 Å². The molecule has 1 N–H and O–H groups in total. The van der Waals surface area contributed by atoms with Gasteiger partial charge in [0.2, 0.25) is 5.91 Å². The van der Waals surface area contributed by atoms with Crippen molar-refractivity contribution < 1.29 is 4.79 Å². The van der Waals surface area contributed by atoms with Crippen LogP contribution in [0.3, 0.4) is 0 Å². The summed E-state index contributed by atoms with van der Waals surface area (Å²) in [5.74, 6) is 0.202. The minimum absolute atomic E-state index is 0.0467. The molecule has 1 aromatic rings. The van der Waals surface area contributed by atoms with Crippen molar-refractivity contribution in [3.63, 3.8) is 0 Å². The molecule has 1 aromatic heterocycles. The van der Waals surface area contributed by atoms with E-state index in [1.54, 1.807) is 11.3 Å². The van der Waals surface area contributed by atoms with Crippen LogP contribution in [0.25, 0.3) is 0 Å². The van der Waals surface area contributed by atoms with Crippen LogP contribution < -0.4 is 5.32 Å². The summed E-state index contributed by atoms with van der Waals surface area (Å²) in [5, 5.41) is 3.33. The van der Waals surface area contributed by atoms with Crippen molar-refractivity contribution in [2.24, 2.45) is 5.41 Å². The van der Waals surface area contributed by atoms with Crippen molar-refractivity contribution in [2.75, 3.05) is 6.54 Å². The summed E-state index contributed by atoms with van der Waals surface area (Å²) >= 11 is 1.76. The van der Waals surface area contributed by atoms with Gasteiger partial charge in [-0.2, -0.15) is 0 Å². The lowest BCUT2D eigenvalue weighted by Gasteiger charge is -2.38. The Labute approximate surface area is 113 Å². The van der Waals surface area contributed by atoms with Crippen LogP contribution in [-0.2, 0) is 4.79 Å². The molecule has 100 valence electrons. The number of hydrogen-bond donors (Lipinski definition) is 1. The Morgan fingerprint density at radius 2 is 2.11 bits per heavy atom. The molecule has 2 rings (SSSR count). The van der Waals surface area contributed by atoms with E-state index < -0.39 is 0 Å². The monoisotopic (exact) mass is 266 g/mol. The van der Waals surface area contributed by atoms with E-state index in [4.69, 9.17) is 0 Å². The van der Waals surface area contributed by atoms with Crippen molar-refractivity contribution in [3.8, 4) is 0 Å². The third kappa shape index (κ3) is 2.45. The number of nitrogens with zero attached hydrogens (tertiary/aromatic N) is 1. The fraction of sp³-hybridized carbons (Fsp3) is 0.643. The molecule has 1 fully saturated rings. The topological polar surface area (TPSA) is 32.3 Å². The molecular weight excluding hydrogens is 244 g/mol. The summed E-state index contributed by atoms with van der Waals surface area (Å²) in [6.07, 6.45) is 0.0467. The zero-order valence-electron chi connectivity index (χ0n) is 11.8. The second kappa shape index (κ2) is 4.67. The van der Waals surface area contributed by atoms with E-state index in [9.17, 15) is 4.79 Å². The molecule has 0 spiro atoms. The SMILES string of the molecule is Cc1ccc(C2NCC(=O)N2C(C)C(C)(C)C)s1. The highest BCUT2D eigenvalue weighted by atomic mass is 32.1. The molecule has 0 aliphatic carbocycles. The van der Waals surface area contributed by atoms with Gasteiger partial charge in [-0.05, 0) is 31.4 Å². The normalized spacial score (nSPS) is 22.6. The molecule has 0 saturated carbocycles. The first-order valence-electron chi connectivity index (χ1n) is 6.41. The Bertz CT molecular complexity index is 447. The average Bonchev–Trinajstić information content (AvgIpc) is 2.82. The molecule has 1 aliphatic rings. The van der Waals surface area contributed by atoms with Gasteiger partial charge in [0.15, 0.2) is 0 Å². The van der Waals surface area contributed by atoms with Crippen molar-refractivity contribution in [1.82, 2.24) is 10.2 Å². The highest BCUT2D eigenvalue weighted by Gasteiger charge is 2.39. The predicted molar refractivity (Wildman–Crippen MR) is 75.6 cm³/mol. The molecule has 0 aromatic carbocycles. The number of nitrogens with one attached hydrogen (secondary N) is 1. The Balaban J connectivity index is 2.28. The van der Waals surface area contributed by atoms with Crippen LogP contribution in [0.15, 0.2) is 12.1 Å². The van der Waals surface area contributed by atoms with Gasteiger partial charge in [0.05, 0.1) is 6.54 Å². The highest BCUT2D eigenvalue weighted by Crippen LogP contribution is 2.35. The number of aryl methyl sites for hydroxylation is 1. The molecule has 1 aliphatic heterocycles. The average molecular weight is 266 g/mol. The van der Waals surface area contributed by atoms with E-state index in [1.165, 1.54) is 9.75 Å². The van der Waals surface area contributed by atoms with Crippen LogP contribution in [0.4, 0.5) is 0 Å². The molecule has 1 amide bonds. The summed E-state index contributed by atoms with van der Waals surface area (Å²) in [6, 6.07) is 4.45. The Hall–Kier alpha value is -0.870. The van der Waals surface area contributed by atoms with Gasteiger partial charge in [0.1, 0.15) is 6.17 Å². The third-order valence-corrected chi connectivity index (χ3v) is 4.77. The lowest BCUT2D eigenvalue weighted by atomic mass is 9.86. The Kier molecular flexibility index (Phi) is 3.52. The Morgan fingerprint density at radius 3 is 2.61 bits per heavy atom. The zero-order valence-corrected chi connectivity index (χ0v) is 12.6. The molecule has 4 heteroatoms. The first-order chi connectivity index (χ1) is 8.30. The van der Waals surface area contributed by atoms with Gasteiger partial charge < -0.3 is 4.90 Å². The lowest BCUT2D eigenvalue weighted by molar-refractivity contribution is -0.132. The van der Waals surface area contributed by atoms with Crippen molar-refractivity contribution in [2.45, 2.75) is 46.8 Å². The van der Waals surface area contributed by atoms with Crippen LogP contribution in [0.2, 0.25) is 0 Å². The summed E-state index contributed by atoms with van der Waals surface area (Å²) in [6.45, 7) is 11.2. The maximum Gasteiger partial charge on any atom is 0.238 e. The lowest BCUT2D eigenvalue weighted by Crippen LogP contribution is -2.44. The van der Waals surface area contributed by atoms with Gasteiger partial charge in [-0.1, -0.05) is 20.8 Å². The zero-order chi connectivity index (χ0) is 13.5. The van der Waals surface area contributed by atoms with Crippen molar-refractivity contribution in [1.29, 1.82) is 0 Å². The quantitative estimate of drug-likeness (QED) is 0.892. The first-order valence-corrected chi connectivity index (χ1v) is 7.23. The predicted octanol–water partition coefficient (Wildman–Crippen LogP) is 2.92. The van der Waals surface area contributed by atoms with Gasteiger partial charge in [-0.15, -0.1) is 11.3 Å². The molecule has 0 bridgehead atoms. The summed E-state index contributed by atoms with van der Waals surface area (Å²) in [4.78, 5) is 16.6. The second-order valence-corrected chi connectivity index (χ2v) is 7.39. The fourth-order valence-electron chi connectivity index (χ4n) is 2.21. The van der Waals surface area contributed by atoms with Gasteiger partial charge in [-0.25, -0.2) is 0 Å². The van der Waals surface area contributed by atoms with E-state index >= 15 is 0 Å². The molecule has 2 atom stereocenters. The fourth-order valence-corrected chi connectivity index (χ4v) is 3.16. The number of amides is 1. The summed E-state index contributed by atoms with van der Waals surface area (Å²) in [7, 11) is 0. The second-order valence-electron chi connectivity index (χ2n) is 6.07. The van der Waals surface area contributed by atoms with Crippen LogP contribution in [0, 0.1) is 12.3 Å². The minimum atomic E-state index is 0.0467. The minimum Gasteiger partial charge on any atom is -0.318 e. The van der Waals surface area contributed by atoms with Crippen LogP contribution in [0.1, 0.15) is 43.6 Å². The number of hydrogen-bond acceptors (Lipinski definition) is 3. The molecule has 2 unspecified atom stereocenters. The van der Waals surface area contributed by atoms with Gasteiger partial charge in [0.25, 0.3) is 0 Å². The van der Waals surface area contributed by atoms with Gasteiger partial charge in [-0.3, -0.25) is 10.1 Å². The van der Waals surface area contributed by atoms with Crippen LogP contribution >= 0.6 is 11.3 Å². The Morgan fingerprint density at radius 1 is 1.44 bits per heavy atom. The molecule has 0 radical (unpaired) electrons. The highest BCUT2D eigenvalue weighted by molar-refractivity contribution is 7.12. The molecule has 3 nitrogen and oxygen atoms in total. The number of carbonyl (C=O) groups is 1.